The lowest BCUT2D eigenvalue weighted by Gasteiger charge is -2.22. The molecular formula is C20H29N3O3S. The molecule has 2 rings (SSSR count). The van der Waals surface area contributed by atoms with Crippen molar-refractivity contribution in [2.75, 3.05) is 41.5 Å². The summed E-state index contributed by atoms with van der Waals surface area (Å²) >= 11 is 1.78. The minimum atomic E-state index is 0.446. The van der Waals surface area contributed by atoms with E-state index in [4.69, 9.17) is 19.2 Å². The van der Waals surface area contributed by atoms with E-state index in [1.165, 1.54) is 4.88 Å². The van der Waals surface area contributed by atoms with E-state index in [0.29, 0.717) is 23.8 Å². The third-order valence-electron chi connectivity index (χ3n) is 4.17. The molecule has 0 fully saturated rings. The van der Waals surface area contributed by atoms with Crippen molar-refractivity contribution in [2.24, 2.45) is 4.99 Å². The number of thiophene rings is 1. The molecule has 0 aliphatic carbocycles. The largest absolute Gasteiger partial charge is 0.496 e. The predicted molar refractivity (Wildman–Crippen MR) is 112 cm³/mol. The van der Waals surface area contributed by atoms with E-state index in [9.17, 15) is 0 Å². The van der Waals surface area contributed by atoms with Crippen LogP contribution in [0.25, 0.3) is 0 Å². The van der Waals surface area contributed by atoms with E-state index in [1.807, 2.05) is 12.1 Å². The summed E-state index contributed by atoms with van der Waals surface area (Å²) in [6.07, 6.45) is 0.994. The molecule has 0 aliphatic rings. The molecule has 1 heterocycles. The SMILES string of the molecule is CCNC(=NCc1c(OC)cc(OC)cc1OC)N(C)CCc1cccs1. The van der Waals surface area contributed by atoms with E-state index >= 15 is 0 Å². The fraction of sp³-hybridized carbons (Fsp3) is 0.450. The van der Waals surface area contributed by atoms with Crippen molar-refractivity contribution in [3.8, 4) is 17.2 Å². The Labute approximate surface area is 165 Å². The lowest BCUT2D eigenvalue weighted by molar-refractivity contribution is 0.369. The van der Waals surface area contributed by atoms with Crippen LogP contribution >= 0.6 is 11.3 Å². The Morgan fingerprint density at radius 3 is 2.37 bits per heavy atom. The van der Waals surface area contributed by atoms with E-state index < -0.39 is 0 Å². The summed E-state index contributed by atoms with van der Waals surface area (Å²) in [6, 6.07) is 7.94. The molecule has 27 heavy (non-hydrogen) atoms. The van der Waals surface area contributed by atoms with Gasteiger partial charge in [0.25, 0.3) is 0 Å². The Balaban J connectivity index is 2.17. The first kappa shape index (κ1) is 20.9. The van der Waals surface area contributed by atoms with Gasteiger partial charge in [-0.3, -0.25) is 0 Å². The molecule has 0 aliphatic heterocycles. The Morgan fingerprint density at radius 2 is 1.85 bits per heavy atom. The molecule has 7 heteroatoms. The summed E-state index contributed by atoms with van der Waals surface area (Å²) < 4.78 is 16.3. The van der Waals surface area contributed by atoms with Crippen molar-refractivity contribution in [3.05, 3.63) is 40.1 Å². The Bertz CT molecular complexity index is 707. The standard InChI is InChI=1S/C20H29N3O3S/c1-6-21-20(23(2)10-9-16-8-7-11-27-16)22-14-17-18(25-4)12-15(24-3)13-19(17)26-5/h7-8,11-13H,6,9-10,14H2,1-5H3,(H,21,22). The molecule has 0 amide bonds. The number of hydrogen-bond acceptors (Lipinski definition) is 5. The van der Waals surface area contributed by atoms with Crippen LogP contribution in [0.15, 0.2) is 34.6 Å². The predicted octanol–water partition coefficient (Wildman–Crippen LogP) is 3.41. The molecule has 0 spiro atoms. The molecular weight excluding hydrogens is 362 g/mol. The monoisotopic (exact) mass is 391 g/mol. The number of ether oxygens (including phenoxy) is 3. The quantitative estimate of drug-likeness (QED) is 0.524. The maximum Gasteiger partial charge on any atom is 0.194 e. The molecule has 1 aromatic carbocycles. The number of nitrogens with one attached hydrogen (secondary N) is 1. The molecule has 0 saturated carbocycles. The summed E-state index contributed by atoms with van der Waals surface area (Å²) in [6.45, 7) is 4.21. The Kier molecular flexibility index (Phi) is 8.26. The van der Waals surface area contributed by atoms with Crippen LogP contribution in [0.1, 0.15) is 17.4 Å². The number of guanidine groups is 1. The Morgan fingerprint density at radius 1 is 1.15 bits per heavy atom. The molecule has 1 aromatic heterocycles. The smallest absolute Gasteiger partial charge is 0.194 e. The number of benzene rings is 1. The van der Waals surface area contributed by atoms with Crippen LogP contribution in [-0.2, 0) is 13.0 Å². The highest BCUT2D eigenvalue weighted by atomic mass is 32.1. The average Bonchev–Trinajstić information content (AvgIpc) is 3.22. The van der Waals surface area contributed by atoms with Gasteiger partial charge in [-0.25, -0.2) is 4.99 Å². The lowest BCUT2D eigenvalue weighted by atomic mass is 10.1. The average molecular weight is 392 g/mol. The molecule has 148 valence electrons. The van der Waals surface area contributed by atoms with Crippen LogP contribution in [0.2, 0.25) is 0 Å². The van der Waals surface area contributed by atoms with Crippen molar-refractivity contribution in [1.29, 1.82) is 0 Å². The number of rotatable bonds is 9. The van der Waals surface area contributed by atoms with Gasteiger partial charge in [0.2, 0.25) is 0 Å². The number of likely N-dealkylation sites (N-methyl/N-ethyl adjacent to an activating group) is 1. The van der Waals surface area contributed by atoms with Crippen molar-refractivity contribution < 1.29 is 14.2 Å². The third-order valence-corrected chi connectivity index (χ3v) is 5.11. The second-order valence-electron chi connectivity index (χ2n) is 5.93. The summed E-state index contributed by atoms with van der Waals surface area (Å²) in [5.41, 5.74) is 0.892. The van der Waals surface area contributed by atoms with Crippen LogP contribution in [0.3, 0.4) is 0 Å². The number of nitrogens with zero attached hydrogens (tertiary/aromatic N) is 2. The highest BCUT2D eigenvalue weighted by Crippen LogP contribution is 2.34. The minimum absolute atomic E-state index is 0.446. The fourth-order valence-corrected chi connectivity index (χ4v) is 3.39. The summed E-state index contributed by atoms with van der Waals surface area (Å²) in [7, 11) is 6.95. The second-order valence-corrected chi connectivity index (χ2v) is 6.96. The van der Waals surface area contributed by atoms with Gasteiger partial charge in [0.1, 0.15) is 17.2 Å². The highest BCUT2D eigenvalue weighted by Gasteiger charge is 2.14. The van der Waals surface area contributed by atoms with Gasteiger partial charge in [-0.2, -0.15) is 0 Å². The minimum Gasteiger partial charge on any atom is -0.496 e. The van der Waals surface area contributed by atoms with Gasteiger partial charge in [-0.05, 0) is 24.8 Å². The first-order valence-corrected chi connectivity index (χ1v) is 9.81. The molecule has 6 nitrogen and oxygen atoms in total. The van der Waals surface area contributed by atoms with Gasteiger partial charge < -0.3 is 24.4 Å². The maximum absolute atomic E-state index is 5.52. The number of hydrogen-bond donors (Lipinski definition) is 1. The fourth-order valence-electron chi connectivity index (χ4n) is 2.70. The van der Waals surface area contributed by atoms with Crippen molar-refractivity contribution in [2.45, 2.75) is 19.9 Å². The van der Waals surface area contributed by atoms with Crippen molar-refractivity contribution in [3.63, 3.8) is 0 Å². The zero-order valence-electron chi connectivity index (χ0n) is 16.7. The number of aliphatic imine (C=N–C) groups is 1. The molecule has 0 radical (unpaired) electrons. The number of methoxy groups -OCH3 is 3. The van der Waals surface area contributed by atoms with E-state index in [2.05, 4.69) is 41.7 Å². The van der Waals surface area contributed by atoms with Crippen molar-refractivity contribution in [1.82, 2.24) is 10.2 Å². The zero-order chi connectivity index (χ0) is 19.6. The van der Waals surface area contributed by atoms with E-state index in [-0.39, 0.29) is 0 Å². The lowest BCUT2D eigenvalue weighted by Crippen LogP contribution is -2.39. The zero-order valence-corrected chi connectivity index (χ0v) is 17.6. The molecule has 2 aromatic rings. The normalized spacial score (nSPS) is 11.2. The first-order valence-electron chi connectivity index (χ1n) is 8.93. The summed E-state index contributed by atoms with van der Waals surface area (Å²) in [4.78, 5) is 8.31. The van der Waals surface area contributed by atoms with Gasteiger partial charge in [0, 0.05) is 37.1 Å². The van der Waals surface area contributed by atoms with Crippen LogP contribution < -0.4 is 19.5 Å². The van der Waals surface area contributed by atoms with Gasteiger partial charge in [0.05, 0.1) is 33.4 Å². The first-order chi connectivity index (χ1) is 13.1. The van der Waals surface area contributed by atoms with E-state index in [1.54, 1.807) is 32.7 Å². The molecule has 0 unspecified atom stereocenters. The maximum atomic E-state index is 5.52. The third kappa shape index (κ3) is 5.79. The molecule has 1 N–H and O–H groups in total. The second kappa shape index (κ2) is 10.7. The highest BCUT2D eigenvalue weighted by molar-refractivity contribution is 7.09. The summed E-state index contributed by atoms with van der Waals surface area (Å²) in [5, 5.41) is 5.46. The Hall–Kier alpha value is -2.41. The molecule has 0 atom stereocenters. The van der Waals surface area contributed by atoms with Gasteiger partial charge >= 0.3 is 0 Å². The van der Waals surface area contributed by atoms with Gasteiger partial charge in [0.15, 0.2) is 5.96 Å². The topological polar surface area (TPSA) is 55.3 Å². The molecule has 0 bridgehead atoms. The van der Waals surface area contributed by atoms with Crippen LogP contribution in [0.4, 0.5) is 0 Å². The van der Waals surface area contributed by atoms with Gasteiger partial charge in [-0.15, -0.1) is 11.3 Å². The van der Waals surface area contributed by atoms with Gasteiger partial charge in [-0.1, -0.05) is 6.07 Å². The van der Waals surface area contributed by atoms with Crippen LogP contribution in [0, 0.1) is 0 Å². The summed E-state index contributed by atoms with van der Waals surface area (Å²) in [5.74, 6) is 2.95. The van der Waals surface area contributed by atoms with Crippen LogP contribution in [-0.4, -0.2) is 52.3 Å². The van der Waals surface area contributed by atoms with Crippen LogP contribution in [0.5, 0.6) is 17.2 Å². The van der Waals surface area contributed by atoms with Crippen molar-refractivity contribution >= 4 is 17.3 Å². The van der Waals surface area contributed by atoms with E-state index in [0.717, 1.165) is 31.0 Å². The molecule has 0 saturated heterocycles.